The van der Waals surface area contributed by atoms with Crippen LogP contribution in [-0.4, -0.2) is 10.2 Å². The smallest absolute Gasteiger partial charge is 0.0863 e. The lowest BCUT2D eigenvalue weighted by Crippen LogP contribution is -2.29. The van der Waals surface area contributed by atoms with Crippen molar-refractivity contribution in [1.29, 1.82) is 0 Å². The van der Waals surface area contributed by atoms with Crippen LogP contribution in [0.15, 0.2) is 24.3 Å². The van der Waals surface area contributed by atoms with E-state index in [1.54, 1.807) is 0 Å². The normalized spacial score (nSPS) is 29.3. The first kappa shape index (κ1) is 17.4. The van der Waals surface area contributed by atoms with Gasteiger partial charge >= 0.3 is 0 Å². The quantitative estimate of drug-likeness (QED) is 0.693. The van der Waals surface area contributed by atoms with Crippen molar-refractivity contribution >= 4 is 12.2 Å². The van der Waals surface area contributed by atoms with Gasteiger partial charge in [0.2, 0.25) is 0 Å². The molecule has 0 heterocycles. The summed E-state index contributed by atoms with van der Waals surface area (Å²) in [5.74, 6) is 0.162. The van der Waals surface area contributed by atoms with Gasteiger partial charge in [-0.05, 0) is 45.2 Å². The molecule has 0 bridgehead atoms. The summed E-state index contributed by atoms with van der Waals surface area (Å²) < 4.78 is 0. The predicted octanol–water partition coefficient (Wildman–Crippen LogP) is 5.13. The Bertz CT molecular complexity index is 641. The molecule has 0 amide bonds. The van der Waals surface area contributed by atoms with E-state index in [4.69, 9.17) is 0 Å². The molecular weight excluding hydrogens is 296 g/mol. The van der Waals surface area contributed by atoms with Crippen LogP contribution in [0, 0.1) is 22.7 Å². The minimum Gasteiger partial charge on any atom is -0.388 e. The number of fused-ring (bicyclic) bond motifs is 2. The molecule has 2 aliphatic carbocycles. The standard InChI is InChI=1S/C22H30O2/c1-21(2,3)17-9-7-13-11-14-8-10-18(22(4,5)6)20(24)16(14)12-15(13)19(17)23/h7-12,17-20,23-24H,1-6H3/t17-,18-,19+,20+/m0/s1. The number of hydrogen-bond donors (Lipinski definition) is 2. The Hall–Kier alpha value is -1.38. The highest BCUT2D eigenvalue weighted by atomic mass is 16.3. The fourth-order valence-electron chi connectivity index (χ4n) is 4.01. The molecule has 2 nitrogen and oxygen atoms in total. The van der Waals surface area contributed by atoms with Crippen molar-refractivity contribution in [2.24, 2.45) is 22.7 Å². The lowest BCUT2D eigenvalue weighted by atomic mass is 9.69. The first-order valence-corrected chi connectivity index (χ1v) is 8.90. The summed E-state index contributed by atoms with van der Waals surface area (Å²) in [5.41, 5.74) is 4.00. The maximum Gasteiger partial charge on any atom is 0.0863 e. The molecule has 0 saturated carbocycles. The van der Waals surface area contributed by atoms with Crippen molar-refractivity contribution in [3.8, 4) is 0 Å². The molecule has 2 heteroatoms. The number of benzene rings is 1. The third-order valence-corrected chi connectivity index (χ3v) is 5.57. The molecule has 2 N–H and O–H groups in total. The highest BCUT2D eigenvalue weighted by Crippen LogP contribution is 2.47. The summed E-state index contributed by atoms with van der Waals surface area (Å²) in [6.07, 6.45) is 7.44. The van der Waals surface area contributed by atoms with Crippen LogP contribution in [-0.2, 0) is 0 Å². The Labute approximate surface area is 145 Å². The van der Waals surface area contributed by atoms with Gasteiger partial charge in [0.25, 0.3) is 0 Å². The van der Waals surface area contributed by atoms with Crippen LogP contribution in [0.25, 0.3) is 12.2 Å². The number of aliphatic hydroxyl groups excluding tert-OH is 2. The van der Waals surface area contributed by atoms with Gasteiger partial charge in [-0.15, -0.1) is 0 Å². The molecule has 0 radical (unpaired) electrons. The Morgan fingerprint density at radius 1 is 0.667 bits per heavy atom. The molecule has 3 rings (SSSR count). The van der Waals surface area contributed by atoms with E-state index in [-0.39, 0.29) is 22.7 Å². The Morgan fingerprint density at radius 3 is 1.38 bits per heavy atom. The second-order valence-electron chi connectivity index (χ2n) is 9.50. The molecule has 24 heavy (non-hydrogen) atoms. The summed E-state index contributed by atoms with van der Waals surface area (Å²) in [6, 6.07) is 4.13. The van der Waals surface area contributed by atoms with Crippen LogP contribution >= 0.6 is 0 Å². The maximum atomic E-state index is 10.9. The van der Waals surface area contributed by atoms with E-state index in [9.17, 15) is 10.2 Å². The average molecular weight is 326 g/mol. The molecule has 2 aliphatic rings. The molecule has 1 aromatic rings. The monoisotopic (exact) mass is 326 g/mol. The highest BCUT2D eigenvalue weighted by Gasteiger charge is 2.37. The van der Waals surface area contributed by atoms with Gasteiger partial charge in [0, 0.05) is 11.8 Å². The van der Waals surface area contributed by atoms with E-state index in [0.717, 1.165) is 22.3 Å². The maximum absolute atomic E-state index is 10.9. The molecule has 1 aromatic carbocycles. The third kappa shape index (κ3) is 2.87. The highest BCUT2D eigenvalue weighted by molar-refractivity contribution is 5.68. The second-order valence-corrected chi connectivity index (χ2v) is 9.50. The van der Waals surface area contributed by atoms with Crippen LogP contribution < -0.4 is 0 Å². The summed E-state index contributed by atoms with van der Waals surface area (Å²) in [5, 5.41) is 21.8. The van der Waals surface area contributed by atoms with Crippen molar-refractivity contribution in [3.05, 3.63) is 46.5 Å². The molecule has 4 atom stereocenters. The largest absolute Gasteiger partial charge is 0.388 e. The van der Waals surface area contributed by atoms with E-state index in [1.165, 1.54) is 0 Å². The van der Waals surface area contributed by atoms with Crippen molar-refractivity contribution in [2.45, 2.75) is 53.8 Å². The number of hydrogen-bond acceptors (Lipinski definition) is 2. The van der Waals surface area contributed by atoms with Crippen LogP contribution in [0.5, 0.6) is 0 Å². The van der Waals surface area contributed by atoms with Crippen molar-refractivity contribution in [1.82, 2.24) is 0 Å². The summed E-state index contributed by atoms with van der Waals surface area (Å²) >= 11 is 0. The van der Waals surface area contributed by atoms with E-state index >= 15 is 0 Å². The number of rotatable bonds is 0. The first-order valence-electron chi connectivity index (χ1n) is 8.90. The molecule has 0 fully saturated rings. The Kier molecular flexibility index (Phi) is 4.05. The van der Waals surface area contributed by atoms with Crippen LogP contribution in [0.3, 0.4) is 0 Å². The zero-order valence-electron chi connectivity index (χ0n) is 15.7. The third-order valence-electron chi connectivity index (χ3n) is 5.57. The van der Waals surface area contributed by atoms with Crippen molar-refractivity contribution < 1.29 is 10.2 Å². The van der Waals surface area contributed by atoms with Crippen molar-refractivity contribution in [2.75, 3.05) is 0 Å². The van der Waals surface area contributed by atoms with E-state index in [0.29, 0.717) is 0 Å². The van der Waals surface area contributed by atoms with Crippen LogP contribution in [0.1, 0.15) is 76.0 Å². The second kappa shape index (κ2) is 5.57. The average Bonchev–Trinajstić information content (AvgIpc) is 2.44. The zero-order chi connectivity index (χ0) is 17.9. The number of aliphatic hydroxyl groups is 2. The molecule has 0 spiro atoms. The van der Waals surface area contributed by atoms with Gasteiger partial charge < -0.3 is 10.2 Å². The van der Waals surface area contributed by atoms with Gasteiger partial charge in [-0.1, -0.05) is 65.8 Å². The lowest BCUT2D eigenvalue weighted by molar-refractivity contribution is 0.0646. The van der Waals surface area contributed by atoms with Gasteiger partial charge in [0.15, 0.2) is 0 Å². The van der Waals surface area contributed by atoms with Crippen LogP contribution in [0.2, 0.25) is 0 Å². The fourth-order valence-corrected chi connectivity index (χ4v) is 4.01. The van der Waals surface area contributed by atoms with Gasteiger partial charge in [0.05, 0.1) is 12.2 Å². The minimum atomic E-state index is -0.526. The summed E-state index contributed by atoms with van der Waals surface area (Å²) in [7, 11) is 0. The fraction of sp³-hybridized carbons (Fsp3) is 0.545. The molecular formula is C22H30O2. The van der Waals surface area contributed by atoms with Gasteiger partial charge in [-0.25, -0.2) is 0 Å². The molecule has 0 aromatic heterocycles. The predicted molar refractivity (Wildman–Crippen MR) is 100 cm³/mol. The van der Waals surface area contributed by atoms with Crippen molar-refractivity contribution in [3.63, 3.8) is 0 Å². The van der Waals surface area contributed by atoms with E-state index in [1.807, 2.05) is 6.07 Å². The summed E-state index contributed by atoms with van der Waals surface area (Å²) in [4.78, 5) is 0. The Balaban J connectivity index is 2.06. The van der Waals surface area contributed by atoms with E-state index < -0.39 is 12.2 Å². The first-order chi connectivity index (χ1) is 11.0. The topological polar surface area (TPSA) is 40.5 Å². The summed E-state index contributed by atoms with van der Waals surface area (Å²) in [6.45, 7) is 12.9. The van der Waals surface area contributed by atoms with Gasteiger partial charge in [-0.3, -0.25) is 0 Å². The molecule has 0 saturated heterocycles. The lowest BCUT2D eigenvalue weighted by Gasteiger charge is -2.38. The molecule has 0 aliphatic heterocycles. The molecule has 130 valence electrons. The van der Waals surface area contributed by atoms with E-state index in [2.05, 4.69) is 71.9 Å². The SMILES string of the molecule is CC(C)(C)[C@H]1C=Cc2cc3c(cc2[C@H]1O)[C@@H](O)[C@@H](C(C)(C)C)C=C3. The minimum absolute atomic E-state index is 0.00399. The zero-order valence-corrected chi connectivity index (χ0v) is 15.7. The Morgan fingerprint density at radius 2 is 1.04 bits per heavy atom. The van der Waals surface area contributed by atoms with Crippen LogP contribution in [0.4, 0.5) is 0 Å². The van der Waals surface area contributed by atoms with Gasteiger partial charge in [-0.2, -0.15) is 0 Å². The molecule has 0 unspecified atom stereocenters. The van der Waals surface area contributed by atoms with Gasteiger partial charge in [0.1, 0.15) is 0 Å².